The Hall–Kier alpha value is -2.60. The van der Waals surface area contributed by atoms with Crippen LogP contribution in [0.25, 0.3) is 0 Å². The minimum absolute atomic E-state index is 0.0941. The second-order valence-electron chi connectivity index (χ2n) is 8.98. The van der Waals surface area contributed by atoms with Crippen molar-refractivity contribution in [3.63, 3.8) is 0 Å². The topological polar surface area (TPSA) is 76.4 Å². The molecule has 1 aromatic carbocycles. The SMILES string of the molecule is CC12CC(C(=O)NCc3ccon3)C(CCC1OCc1cc(C(F)(F)F)cc(C(F)(F)F)c1)N2. The van der Waals surface area contributed by atoms with Gasteiger partial charge in [0.25, 0.3) is 0 Å². The fraction of sp³-hybridized carbons (Fsp3) is 0.545. The summed E-state index contributed by atoms with van der Waals surface area (Å²) in [4.78, 5) is 12.7. The molecule has 2 bridgehead atoms. The summed E-state index contributed by atoms with van der Waals surface area (Å²) in [6.45, 7) is 1.65. The van der Waals surface area contributed by atoms with Crippen LogP contribution in [0, 0.1) is 5.92 Å². The zero-order valence-electron chi connectivity index (χ0n) is 18.1. The molecule has 2 aliphatic rings. The number of carbonyl (C=O) groups excluding carboxylic acids is 1. The molecule has 4 unspecified atom stereocenters. The fourth-order valence-electron chi connectivity index (χ4n) is 4.81. The summed E-state index contributed by atoms with van der Waals surface area (Å²) in [5.74, 6) is -0.520. The number of hydrogen-bond acceptors (Lipinski definition) is 5. The maximum Gasteiger partial charge on any atom is 0.416 e. The summed E-state index contributed by atoms with van der Waals surface area (Å²) in [6.07, 6.45) is -7.40. The van der Waals surface area contributed by atoms with Gasteiger partial charge in [0.2, 0.25) is 5.91 Å². The molecule has 2 aliphatic heterocycles. The van der Waals surface area contributed by atoms with Crippen molar-refractivity contribution in [1.82, 2.24) is 15.8 Å². The van der Waals surface area contributed by atoms with E-state index in [1.807, 2.05) is 6.92 Å². The molecule has 12 heteroatoms. The number of alkyl halides is 6. The number of rotatable bonds is 6. The van der Waals surface area contributed by atoms with Crippen LogP contribution in [0.5, 0.6) is 0 Å². The smallest absolute Gasteiger partial charge is 0.372 e. The van der Waals surface area contributed by atoms with E-state index >= 15 is 0 Å². The van der Waals surface area contributed by atoms with E-state index in [1.54, 1.807) is 6.07 Å². The molecule has 3 heterocycles. The largest absolute Gasteiger partial charge is 0.416 e. The highest BCUT2D eigenvalue weighted by atomic mass is 19.4. The predicted molar refractivity (Wildman–Crippen MR) is 106 cm³/mol. The Kier molecular flexibility index (Phi) is 6.40. The first-order valence-electron chi connectivity index (χ1n) is 10.7. The van der Waals surface area contributed by atoms with E-state index in [0.29, 0.717) is 37.1 Å². The average molecular weight is 491 g/mol. The number of aromatic nitrogens is 1. The molecule has 2 saturated heterocycles. The Morgan fingerprint density at radius 1 is 1.18 bits per heavy atom. The molecule has 0 radical (unpaired) electrons. The molecule has 0 spiro atoms. The van der Waals surface area contributed by atoms with Crippen LogP contribution in [0.2, 0.25) is 0 Å². The molecule has 2 fully saturated rings. The molecule has 1 aromatic heterocycles. The van der Waals surface area contributed by atoms with Crippen LogP contribution < -0.4 is 10.6 Å². The van der Waals surface area contributed by atoms with Crippen molar-refractivity contribution >= 4 is 5.91 Å². The van der Waals surface area contributed by atoms with E-state index in [9.17, 15) is 31.1 Å². The van der Waals surface area contributed by atoms with Gasteiger partial charge < -0.3 is 19.9 Å². The predicted octanol–water partition coefficient (Wildman–Crippen LogP) is 4.44. The van der Waals surface area contributed by atoms with Crippen molar-refractivity contribution in [2.24, 2.45) is 5.92 Å². The monoisotopic (exact) mass is 491 g/mol. The van der Waals surface area contributed by atoms with Crippen molar-refractivity contribution in [2.45, 2.75) is 69.4 Å². The van der Waals surface area contributed by atoms with Crippen molar-refractivity contribution in [1.29, 1.82) is 0 Å². The molecule has 1 amide bonds. The summed E-state index contributed by atoms with van der Waals surface area (Å²) in [5, 5.41) is 9.92. The number of hydrogen-bond donors (Lipinski definition) is 2. The van der Waals surface area contributed by atoms with Crippen LogP contribution >= 0.6 is 0 Å². The zero-order chi connectivity index (χ0) is 24.7. The molecule has 186 valence electrons. The standard InChI is InChI=1S/C22H23F6N3O3/c1-20-9-16(19(32)29-10-15-4-5-34-31-15)17(30-20)2-3-18(20)33-11-12-6-13(21(23,24)25)8-14(7-12)22(26,27)28/h4-8,16-18,30H,2-3,9-11H2,1H3,(H,29,32). The third-order valence-corrected chi connectivity index (χ3v) is 6.47. The number of amides is 1. The quantitative estimate of drug-likeness (QED) is 0.585. The first-order valence-corrected chi connectivity index (χ1v) is 10.7. The van der Waals surface area contributed by atoms with E-state index in [0.717, 1.165) is 0 Å². The fourth-order valence-corrected chi connectivity index (χ4v) is 4.81. The lowest BCUT2D eigenvalue weighted by molar-refractivity contribution is -0.143. The van der Waals surface area contributed by atoms with E-state index in [2.05, 4.69) is 15.8 Å². The van der Waals surface area contributed by atoms with E-state index < -0.39 is 41.7 Å². The number of halogens is 6. The summed E-state index contributed by atoms with van der Waals surface area (Å²) < 4.78 is 89.3. The van der Waals surface area contributed by atoms with Crippen LogP contribution in [0.3, 0.4) is 0 Å². The summed E-state index contributed by atoms with van der Waals surface area (Å²) in [5.41, 5.74) is -3.04. The molecular formula is C22H23F6N3O3. The molecule has 2 N–H and O–H groups in total. The van der Waals surface area contributed by atoms with Crippen molar-refractivity contribution < 1.29 is 40.4 Å². The second kappa shape index (κ2) is 8.88. The van der Waals surface area contributed by atoms with Gasteiger partial charge in [-0.1, -0.05) is 5.16 Å². The van der Waals surface area contributed by atoms with Gasteiger partial charge in [-0.15, -0.1) is 0 Å². The Labute approximate surface area is 191 Å². The van der Waals surface area contributed by atoms with Crippen LogP contribution in [0.15, 0.2) is 35.1 Å². The highest BCUT2D eigenvalue weighted by Gasteiger charge is 2.52. The molecule has 6 nitrogen and oxygen atoms in total. The van der Waals surface area contributed by atoms with Gasteiger partial charge in [-0.25, -0.2) is 0 Å². The normalized spacial score (nSPS) is 27.1. The van der Waals surface area contributed by atoms with Gasteiger partial charge in [0.1, 0.15) is 12.0 Å². The Morgan fingerprint density at radius 3 is 2.44 bits per heavy atom. The molecule has 4 rings (SSSR count). The van der Waals surface area contributed by atoms with Gasteiger partial charge in [0, 0.05) is 17.6 Å². The van der Waals surface area contributed by atoms with Gasteiger partial charge in [-0.2, -0.15) is 26.3 Å². The minimum atomic E-state index is -4.92. The summed E-state index contributed by atoms with van der Waals surface area (Å²) in [6, 6.07) is 2.97. The third kappa shape index (κ3) is 5.22. The third-order valence-electron chi connectivity index (χ3n) is 6.47. The minimum Gasteiger partial charge on any atom is -0.372 e. The second-order valence-corrected chi connectivity index (χ2v) is 8.98. The van der Waals surface area contributed by atoms with E-state index in [4.69, 9.17) is 9.26 Å². The first-order chi connectivity index (χ1) is 15.8. The van der Waals surface area contributed by atoms with E-state index in [-0.39, 0.29) is 36.0 Å². The van der Waals surface area contributed by atoms with Gasteiger partial charge in [0.15, 0.2) is 0 Å². The Bertz CT molecular complexity index is 992. The lowest BCUT2D eigenvalue weighted by atomic mass is 9.88. The highest BCUT2D eigenvalue weighted by Crippen LogP contribution is 2.42. The lowest BCUT2D eigenvalue weighted by Crippen LogP contribution is -2.55. The van der Waals surface area contributed by atoms with Gasteiger partial charge >= 0.3 is 12.4 Å². The molecule has 0 aliphatic carbocycles. The zero-order valence-corrected chi connectivity index (χ0v) is 18.1. The summed E-state index contributed by atoms with van der Waals surface area (Å²) in [7, 11) is 0. The number of nitrogens with zero attached hydrogens (tertiary/aromatic N) is 1. The van der Waals surface area contributed by atoms with Crippen LogP contribution in [0.4, 0.5) is 26.3 Å². The van der Waals surface area contributed by atoms with Gasteiger partial charge in [-0.3, -0.25) is 4.79 Å². The van der Waals surface area contributed by atoms with Crippen LogP contribution in [0.1, 0.15) is 48.6 Å². The van der Waals surface area contributed by atoms with Crippen molar-refractivity contribution in [2.75, 3.05) is 0 Å². The van der Waals surface area contributed by atoms with E-state index in [1.165, 1.54) is 6.26 Å². The van der Waals surface area contributed by atoms with Crippen LogP contribution in [-0.2, 0) is 35.0 Å². The van der Waals surface area contributed by atoms with Gasteiger partial charge in [0.05, 0.1) is 36.3 Å². The Balaban J connectivity index is 1.42. The lowest BCUT2D eigenvalue weighted by Gasteiger charge is -2.39. The van der Waals surface area contributed by atoms with Crippen molar-refractivity contribution in [3.05, 3.63) is 52.9 Å². The van der Waals surface area contributed by atoms with Crippen LogP contribution in [-0.4, -0.2) is 28.7 Å². The highest BCUT2D eigenvalue weighted by molar-refractivity contribution is 5.80. The molecule has 34 heavy (non-hydrogen) atoms. The number of ether oxygens (including phenoxy) is 1. The maximum atomic E-state index is 13.1. The van der Waals surface area contributed by atoms with Gasteiger partial charge in [-0.05, 0) is 49.9 Å². The average Bonchev–Trinajstić information content (AvgIpc) is 3.36. The molecule has 4 atom stereocenters. The molecule has 0 saturated carbocycles. The number of carbonyl (C=O) groups is 1. The number of fused-ring (bicyclic) bond motifs is 2. The first kappa shape index (κ1) is 24.5. The number of nitrogens with one attached hydrogen (secondary N) is 2. The maximum absolute atomic E-state index is 13.1. The van der Waals surface area contributed by atoms with Crippen molar-refractivity contribution in [3.8, 4) is 0 Å². The molecule has 2 aromatic rings. The summed E-state index contributed by atoms with van der Waals surface area (Å²) >= 11 is 0. The Morgan fingerprint density at radius 2 is 1.85 bits per heavy atom. The number of benzene rings is 1. The number of piperidine rings is 1. The molecular weight excluding hydrogens is 468 g/mol.